The minimum atomic E-state index is -1.80. The van der Waals surface area contributed by atoms with Crippen LogP contribution in [0.3, 0.4) is 0 Å². The average Bonchev–Trinajstić information content (AvgIpc) is 2.52. The molecule has 1 atom stereocenters. The lowest BCUT2D eigenvalue weighted by Crippen LogP contribution is -2.42. The Morgan fingerprint density at radius 1 is 1.32 bits per heavy atom. The monoisotopic (exact) mass is 364 g/mol. The molecule has 0 amide bonds. The zero-order chi connectivity index (χ0) is 18.7. The van der Waals surface area contributed by atoms with Gasteiger partial charge < -0.3 is 18.6 Å². The van der Waals surface area contributed by atoms with Crippen molar-refractivity contribution < 1.29 is 23.4 Å². The number of esters is 1. The van der Waals surface area contributed by atoms with Crippen LogP contribution in [0, 0.1) is 5.92 Å². The van der Waals surface area contributed by atoms with E-state index in [9.17, 15) is 4.79 Å². The van der Waals surface area contributed by atoms with Gasteiger partial charge in [-0.15, -0.1) is 0 Å². The molecule has 0 aromatic heterocycles. The first kappa shape index (κ1) is 19.5. The van der Waals surface area contributed by atoms with Crippen molar-refractivity contribution in [3.63, 3.8) is 0 Å². The molecule has 0 aromatic rings. The van der Waals surface area contributed by atoms with E-state index in [0.717, 1.165) is 5.57 Å². The van der Waals surface area contributed by atoms with Crippen LogP contribution in [0.25, 0.3) is 0 Å². The van der Waals surface area contributed by atoms with Crippen LogP contribution >= 0.6 is 0 Å². The molecule has 1 unspecified atom stereocenters. The molecule has 0 saturated heterocycles. The van der Waals surface area contributed by atoms with E-state index in [1.54, 1.807) is 0 Å². The van der Waals surface area contributed by atoms with Crippen LogP contribution < -0.4 is 0 Å². The normalized spacial score (nSPS) is 20.7. The van der Waals surface area contributed by atoms with Crippen molar-refractivity contribution in [3.05, 3.63) is 48.0 Å². The van der Waals surface area contributed by atoms with Gasteiger partial charge in [0.1, 0.15) is 24.5 Å². The molecule has 6 heteroatoms. The molecule has 0 saturated carbocycles. The molecule has 0 spiro atoms. The largest absolute Gasteiger partial charge is 0.465 e. The summed E-state index contributed by atoms with van der Waals surface area (Å²) in [5.41, 5.74) is 1.06. The molecule has 25 heavy (non-hydrogen) atoms. The van der Waals surface area contributed by atoms with E-state index < -0.39 is 14.3 Å². The maximum Gasteiger partial charge on any atom is 0.382 e. The Kier molecular flexibility index (Phi) is 5.95. The van der Waals surface area contributed by atoms with Crippen LogP contribution in [0.2, 0.25) is 18.1 Å². The van der Waals surface area contributed by atoms with Crippen LogP contribution in [-0.2, 0) is 23.4 Å². The highest BCUT2D eigenvalue weighted by molar-refractivity contribution is 6.74. The number of carbonyl (C=O) groups is 1. The number of hydrogen-bond acceptors (Lipinski definition) is 5. The molecule has 2 rings (SSSR count). The fourth-order valence-electron chi connectivity index (χ4n) is 2.29. The molecule has 0 bridgehead atoms. The second kappa shape index (κ2) is 7.62. The summed E-state index contributed by atoms with van der Waals surface area (Å²) < 4.78 is 21.8. The third kappa shape index (κ3) is 5.34. The highest BCUT2D eigenvalue weighted by Crippen LogP contribution is 2.37. The van der Waals surface area contributed by atoms with E-state index in [0.29, 0.717) is 18.8 Å². The number of ether oxygens (including phenoxy) is 3. The summed E-state index contributed by atoms with van der Waals surface area (Å²) in [6.07, 6.45) is 8.55. The third-order valence-corrected chi connectivity index (χ3v) is 9.24. The van der Waals surface area contributed by atoms with Gasteiger partial charge >= 0.3 is 5.97 Å². The first-order chi connectivity index (χ1) is 11.6. The molecule has 2 aliphatic rings. The molecule has 138 valence electrons. The Bertz CT molecular complexity index is 635. The van der Waals surface area contributed by atoms with E-state index in [2.05, 4.69) is 39.9 Å². The van der Waals surface area contributed by atoms with Gasteiger partial charge in [-0.05, 0) is 31.1 Å². The van der Waals surface area contributed by atoms with Gasteiger partial charge in [-0.25, -0.2) is 4.79 Å². The Hall–Kier alpha value is -1.79. The quantitative estimate of drug-likeness (QED) is 0.520. The van der Waals surface area contributed by atoms with Crippen LogP contribution in [0.5, 0.6) is 0 Å². The van der Waals surface area contributed by atoms with E-state index >= 15 is 0 Å². The van der Waals surface area contributed by atoms with Crippen molar-refractivity contribution in [1.29, 1.82) is 0 Å². The van der Waals surface area contributed by atoms with Gasteiger partial charge in [-0.3, -0.25) is 0 Å². The van der Waals surface area contributed by atoms with Crippen LogP contribution in [0.1, 0.15) is 34.1 Å². The summed E-state index contributed by atoms with van der Waals surface area (Å²) in [7, 11) is -1.80. The fourth-order valence-corrected chi connectivity index (χ4v) is 3.35. The molecular formula is C19H28O5Si. The van der Waals surface area contributed by atoms with E-state index in [-0.39, 0.29) is 16.7 Å². The van der Waals surface area contributed by atoms with Gasteiger partial charge in [0.15, 0.2) is 8.32 Å². The predicted molar refractivity (Wildman–Crippen MR) is 98.6 cm³/mol. The summed E-state index contributed by atoms with van der Waals surface area (Å²) in [6, 6.07) is 0. The summed E-state index contributed by atoms with van der Waals surface area (Å²) >= 11 is 0. The van der Waals surface area contributed by atoms with E-state index in [1.807, 2.05) is 13.0 Å². The Labute approximate surface area is 151 Å². The summed E-state index contributed by atoms with van der Waals surface area (Å²) in [4.78, 5) is 12.1. The van der Waals surface area contributed by atoms with Gasteiger partial charge in [0.05, 0.1) is 0 Å². The number of rotatable bonds is 5. The average molecular weight is 365 g/mol. The van der Waals surface area contributed by atoms with Gasteiger partial charge in [0, 0.05) is 18.9 Å². The Morgan fingerprint density at radius 3 is 2.64 bits per heavy atom. The SMILES string of the molecule is CC1=CC(CO[Si](C)(C)C(C)(C)C)CC(OC(=O)C2=COC=CO2)=C1. The molecule has 0 aromatic carbocycles. The van der Waals surface area contributed by atoms with Crippen molar-refractivity contribution in [3.8, 4) is 0 Å². The Balaban J connectivity index is 1.94. The molecular weight excluding hydrogens is 336 g/mol. The van der Waals surface area contributed by atoms with Gasteiger partial charge in [-0.2, -0.15) is 0 Å². The van der Waals surface area contributed by atoms with Crippen LogP contribution in [-0.4, -0.2) is 20.9 Å². The maximum atomic E-state index is 12.1. The highest BCUT2D eigenvalue weighted by atomic mass is 28.4. The van der Waals surface area contributed by atoms with Crippen molar-refractivity contribution >= 4 is 14.3 Å². The van der Waals surface area contributed by atoms with E-state index in [1.165, 1.54) is 18.8 Å². The maximum absolute atomic E-state index is 12.1. The molecule has 1 heterocycles. The number of allylic oxidation sites excluding steroid dienone is 3. The standard InChI is InChI=1S/C19H28O5Si/c1-14-9-15(12-23-25(5,6)19(2,3)4)11-16(10-14)24-18(20)17-13-21-7-8-22-17/h7-10,13,15H,11-12H2,1-6H3. The Morgan fingerprint density at radius 2 is 2.04 bits per heavy atom. The van der Waals surface area contributed by atoms with Crippen molar-refractivity contribution in [2.75, 3.05) is 6.61 Å². The van der Waals surface area contributed by atoms with Gasteiger partial charge in [-0.1, -0.05) is 32.4 Å². The molecule has 0 fully saturated rings. The molecule has 0 radical (unpaired) electrons. The molecule has 0 N–H and O–H groups in total. The first-order valence-electron chi connectivity index (χ1n) is 8.51. The van der Waals surface area contributed by atoms with Crippen molar-refractivity contribution in [2.45, 2.75) is 52.2 Å². The topological polar surface area (TPSA) is 54.0 Å². The van der Waals surface area contributed by atoms with Crippen LogP contribution in [0.15, 0.2) is 48.0 Å². The van der Waals surface area contributed by atoms with Crippen molar-refractivity contribution in [2.24, 2.45) is 5.92 Å². The second-order valence-electron chi connectivity index (χ2n) is 7.95. The second-order valence-corrected chi connectivity index (χ2v) is 12.8. The first-order valence-corrected chi connectivity index (χ1v) is 11.4. The number of hydrogen-bond donors (Lipinski definition) is 0. The zero-order valence-corrected chi connectivity index (χ0v) is 16.9. The summed E-state index contributed by atoms with van der Waals surface area (Å²) in [6.45, 7) is 13.8. The fraction of sp³-hybridized carbons (Fsp3) is 0.526. The van der Waals surface area contributed by atoms with Crippen molar-refractivity contribution in [1.82, 2.24) is 0 Å². The number of carbonyl (C=O) groups excluding carboxylic acids is 1. The predicted octanol–water partition coefficient (Wildman–Crippen LogP) is 4.76. The zero-order valence-electron chi connectivity index (χ0n) is 15.9. The van der Waals surface area contributed by atoms with Crippen LogP contribution in [0.4, 0.5) is 0 Å². The minimum absolute atomic E-state index is 0.0321. The van der Waals surface area contributed by atoms with E-state index in [4.69, 9.17) is 18.6 Å². The molecule has 5 nitrogen and oxygen atoms in total. The lowest BCUT2D eigenvalue weighted by molar-refractivity contribution is -0.138. The summed E-state index contributed by atoms with van der Waals surface area (Å²) in [5.74, 6) is 0.284. The highest BCUT2D eigenvalue weighted by Gasteiger charge is 2.37. The lowest BCUT2D eigenvalue weighted by atomic mass is 9.96. The smallest absolute Gasteiger partial charge is 0.382 e. The third-order valence-electron chi connectivity index (χ3n) is 4.74. The van der Waals surface area contributed by atoms with Gasteiger partial charge in [0.2, 0.25) is 5.76 Å². The lowest BCUT2D eigenvalue weighted by Gasteiger charge is -2.37. The summed E-state index contributed by atoms with van der Waals surface area (Å²) in [5, 5.41) is 0.171. The molecule has 1 aliphatic carbocycles. The van der Waals surface area contributed by atoms with Gasteiger partial charge in [0.25, 0.3) is 0 Å². The molecule has 1 aliphatic heterocycles. The minimum Gasteiger partial charge on any atom is -0.465 e.